The van der Waals surface area contributed by atoms with Crippen molar-refractivity contribution in [3.8, 4) is 17.2 Å². The highest BCUT2D eigenvalue weighted by Crippen LogP contribution is 2.39. The van der Waals surface area contributed by atoms with E-state index in [2.05, 4.69) is 44.4 Å². The predicted octanol–water partition coefficient (Wildman–Crippen LogP) is 3.23. The number of guanidine groups is 1. The van der Waals surface area contributed by atoms with Gasteiger partial charge < -0.3 is 29.3 Å². The van der Waals surface area contributed by atoms with E-state index < -0.39 is 0 Å². The lowest BCUT2D eigenvalue weighted by Crippen LogP contribution is -2.52. The third-order valence-electron chi connectivity index (χ3n) is 5.14. The molecule has 1 fully saturated rings. The summed E-state index contributed by atoms with van der Waals surface area (Å²) < 4.78 is 16.4. The Morgan fingerprint density at radius 1 is 0.900 bits per heavy atom. The van der Waals surface area contributed by atoms with E-state index in [1.807, 2.05) is 25.2 Å². The van der Waals surface area contributed by atoms with Crippen LogP contribution in [0.1, 0.15) is 5.56 Å². The van der Waals surface area contributed by atoms with Gasteiger partial charge in [-0.25, -0.2) is 0 Å². The van der Waals surface area contributed by atoms with Gasteiger partial charge in [0.25, 0.3) is 0 Å². The average molecular weight is 526 g/mol. The molecule has 0 radical (unpaired) electrons. The van der Waals surface area contributed by atoms with Crippen LogP contribution in [0, 0.1) is 0 Å². The predicted molar refractivity (Wildman–Crippen MR) is 132 cm³/mol. The zero-order valence-electron chi connectivity index (χ0n) is 18.1. The van der Waals surface area contributed by atoms with Crippen LogP contribution in [-0.4, -0.2) is 65.4 Å². The van der Waals surface area contributed by atoms with Crippen molar-refractivity contribution in [3.63, 3.8) is 0 Å². The number of hydrogen-bond acceptors (Lipinski definition) is 5. The molecule has 1 aliphatic rings. The Kier molecular flexibility index (Phi) is 9.35. The Hall–Kier alpha value is -2.36. The van der Waals surface area contributed by atoms with Gasteiger partial charge in [-0.05, 0) is 24.3 Å². The number of halogens is 1. The van der Waals surface area contributed by atoms with Gasteiger partial charge in [0, 0.05) is 51.0 Å². The molecule has 8 heteroatoms. The van der Waals surface area contributed by atoms with Crippen LogP contribution in [0.15, 0.2) is 47.5 Å². The first-order valence-electron chi connectivity index (χ1n) is 9.75. The highest BCUT2D eigenvalue weighted by atomic mass is 127. The zero-order chi connectivity index (χ0) is 20.6. The van der Waals surface area contributed by atoms with Gasteiger partial charge in [0.1, 0.15) is 0 Å². The molecule has 0 spiro atoms. The van der Waals surface area contributed by atoms with E-state index in [-0.39, 0.29) is 24.0 Å². The molecule has 0 aromatic heterocycles. The summed E-state index contributed by atoms with van der Waals surface area (Å²) in [6.07, 6.45) is 0. The highest BCUT2D eigenvalue weighted by Gasteiger charge is 2.21. The summed E-state index contributed by atoms with van der Waals surface area (Å²) in [4.78, 5) is 9.16. The van der Waals surface area contributed by atoms with Crippen molar-refractivity contribution in [2.45, 2.75) is 6.54 Å². The monoisotopic (exact) mass is 526 g/mol. The molecule has 1 aliphatic heterocycles. The SMILES string of the molecule is CN=C(NCc1ccc(OC)c(OC)c1OC)N1CCN(c2ccccc2)CC1.I. The first kappa shape index (κ1) is 23.9. The molecule has 1 heterocycles. The maximum atomic E-state index is 5.58. The van der Waals surface area contributed by atoms with Crippen LogP contribution in [0.2, 0.25) is 0 Å². The number of methoxy groups -OCH3 is 3. The third kappa shape index (κ3) is 5.41. The van der Waals surface area contributed by atoms with E-state index in [0.717, 1.165) is 37.7 Å². The van der Waals surface area contributed by atoms with Gasteiger partial charge in [-0.3, -0.25) is 4.99 Å². The van der Waals surface area contributed by atoms with Crippen LogP contribution < -0.4 is 24.4 Å². The Labute approximate surface area is 196 Å². The number of ether oxygens (including phenoxy) is 3. The summed E-state index contributed by atoms with van der Waals surface area (Å²) in [6, 6.07) is 14.4. The summed E-state index contributed by atoms with van der Waals surface area (Å²) in [6.45, 7) is 4.33. The number of para-hydroxylation sites is 1. The Bertz CT molecular complexity index is 825. The summed E-state index contributed by atoms with van der Waals surface area (Å²) in [5, 5.41) is 3.45. The van der Waals surface area contributed by atoms with Crippen molar-refractivity contribution in [3.05, 3.63) is 48.0 Å². The maximum absolute atomic E-state index is 5.58. The molecule has 1 saturated heterocycles. The molecule has 164 valence electrons. The van der Waals surface area contributed by atoms with E-state index in [1.165, 1.54) is 5.69 Å². The molecule has 1 N–H and O–H groups in total. The molecule has 7 nitrogen and oxygen atoms in total. The largest absolute Gasteiger partial charge is 0.493 e. The van der Waals surface area contributed by atoms with Crippen molar-refractivity contribution in [1.82, 2.24) is 10.2 Å². The van der Waals surface area contributed by atoms with Crippen LogP contribution in [0.4, 0.5) is 5.69 Å². The van der Waals surface area contributed by atoms with Crippen molar-refractivity contribution in [2.24, 2.45) is 4.99 Å². The first-order valence-corrected chi connectivity index (χ1v) is 9.75. The van der Waals surface area contributed by atoms with Crippen LogP contribution in [0.25, 0.3) is 0 Å². The normalized spacial score (nSPS) is 14.1. The van der Waals surface area contributed by atoms with Crippen LogP contribution in [0.3, 0.4) is 0 Å². The molecule has 0 aliphatic carbocycles. The van der Waals surface area contributed by atoms with Gasteiger partial charge in [0.2, 0.25) is 5.75 Å². The standard InChI is InChI=1S/C22H30N4O3.HI/c1-23-22(26-14-12-25(13-15-26)18-8-6-5-7-9-18)24-16-17-10-11-19(27-2)21(29-4)20(17)28-3;/h5-11H,12-16H2,1-4H3,(H,23,24);1H. The van der Waals surface area contributed by atoms with Gasteiger partial charge in [-0.1, -0.05) is 18.2 Å². The minimum absolute atomic E-state index is 0. The van der Waals surface area contributed by atoms with Gasteiger partial charge in [-0.2, -0.15) is 0 Å². The lowest BCUT2D eigenvalue weighted by molar-refractivity contribution is 0.321. The van der Waals surface area contributed by atoms with E-state index in [4.69, 9.17) is 14.2 Å². The average Bonchev–Trinajstić information content (AvgIpc) is 2.79. The molecule has 30 heavy (non-hydrogen) atoms. The smallest absolute Gasteiger partial charge is 0.203 e. The topological polar surface area (TPSA) is 58.6 Å². The molecule has 0 bridgehead atoms. The summed E-state index contributed by atoms with van der Waals surface area (Å²) in [7, 11) is 6.69. The number of rotatable bonds is 6. The second-order valence-electron chi connectivity index (χ2n) is 6.70. The lowest BCUT2D eigenvalue weighted by Gasteiger charge is -2.37. The zero-order valence-corrected chi connectivity index (χ0v) is 20.4. The number of nitrogens with one attached hydrogen (secondary N) is 1. The number of anilines is 1. The van der Waals surface area contributed by atoms with Crippen molar-refractivity contribution in [2.75, 3.05) is 59.5 Å². The number of benzene rings is 2. The Morgan fingerprint density at radius 2 is 1.57 bits per heavy atom. The van der Waals surface area contributed by atoms with Crippen LogP contribution in [-0.2, 0) is 6.54 Å². The molecule has 0 unspecified atom stereocenters. The summed E-state index contributed by atoms with van der Waals surface area (Å²) in [5.74, 6) is 2.80. The van der Waals surface area contributed by atoms with E-state index in [0.29, 0.717) is 23.8 Å². The van der Waals surface area contributed by atoms with E-state index in [9.17, 15) is 0 Å². The molecule has 3 rings (SSSR count). The molecule has 0 atom stereocenters. The fourth-order valence-corrected chi connectivity index (χ4v) is 3.62. The quantitative estimate of drug-likeness (QED) is 0.355. The van der Waals surface area contributed by atoms with E-state index >= 15 is 0 Å². The molecular weight excluding hydrogens is 495 g/mol. The first-order chi connectivity index (χ1) is 14.2. The highest BCUT2D eigenvalue weighted by molar-refractivity contribution is 14.0. The van der Waals surface area contributed by atoms with Crippen LogP contribution in [0.5, 0.6) is 17.2 Å². The molecule has 2 aromatic rings. The van der Waals surface area contributed by atoms with Crippen molar-refractivity contribution < 1.29 is 14.2 Å². The fraction of sp³-hybridized carbons (Fsp3) is 0.409. The van der Waals surface area contributed by atoms with Gasteiger partial charge in [-0.15, -0.1) is 24.0 Å². The van der Waals surface area contributed by atoms with Gasteiger partial charge >= 0.3 is 0 Å². The van der Waals surface area contributed by atoms with E-state index in [1.54, 1.807) is 21.3 Å². The lowest BCUT2D eigenvalue weighted by atomic mass is 10.1. The Balaban J connectivity index is 0.00000320. The maximum Gasteiger partial charge on any atom is 0.203 e. The second kappa shape index (κ2) is 11.7. The number of nitrogens with zero attached hydrogens (tertiary/aromatic N) is 3. The minimum atomic E-state index is 0. The minimum Gasteiger partial charge on any atom is -0.493 e. The summed E-state index contributed by atoms with van der Waals surface area (Å²) >= 11 is 0. The number of hydrogen-bond donors (Lipinski definition) is 1. The van der Waals surface area contributed by atoms with Crippen LogP contribution >= 0.6 is 24.0 Å². The van der Waals surface area contributed by atoms with Gasteiger partial charge in [0.15, 0.2) is 17.5 Å². The second-order valence-corrected chi connectivity index (χ2v) is 6.70. The van der Waals surface area contributed by atoms with Crippen molar-refractivity contribution >= 4 is 35.6 Å². The van der Waals surface area contributed by atoms with Crippen molar-refractivity contribution in [1.29, 1.82) is 0 Å². The number of aliphatic imine (C=N–C) groups is 1. The van der Waals surface area contributed by atoms with Gasteiger partial charge in [0.05, 0.1) is 21.3 Å². The molecular formula is C22H31IN4O3. The fourth-order valence-electron chi connectivity index (χ4n) is 3.62. The third-order valence-corrected chi connectivity index (χ3v) is 5.14. The molecule has 0 saturated carbocycles. The Morgan fingerprint density at radius 3 is 2.13 bits per heavy atom. The molecule has 2 aromatic carbocycles. The molecule has 0 amide bonds. The summed E-state index contributed by atoms with van der Waals surface area (Å²) in [5.41, 5.74) is 2.25. The number of piperazine rings is 1.